The third kappa shape index (κ3) is 5.59. The van der Waals surface area contributed by atoms with Gasteiger partial charge in [-0.15, -0.1) is 0 Å². The molecule has 0 bridgehead atoms. The van der Waals surface area contributed by atoms with Crippen LogP contribution in [-0.4, -0.2) is 47.2 Å². The van der Waals surface area contributed by atoms with Crippen molar-refractivity contribution in [1.82, 2.24) is 15.2 Å². The molecule has 0 atom stereocenters. The van der Waals surface area contributed by atoms with Crippen LogP contribution in [0.3, 0.4) is 0 Å². The molecule has 7 heteroatoms. The van der Waals surface area contributed by atoms with Gasteiger partial charge < -0.3 is 20.1 Å². The van der Waals surface area contributed by atoms with Gasteiger partial charge in [-0.05, 0) is 24.3 Å². The highest BCUT2D eigenvalue weighted by Crippen LogP contribution is 2.29. The Hall–Kier alpha value is -2.31. The van der Waals surface area contributed by atoms with E-state index in [2.05, 4.69) is 10.3 Å². The van der Waals surface area contributed by atoms with Crippen LogP contribution in [-0.2, 0) is 11.3 Å². The number of carbonyl (C=O) groups excluding carboxylic acids is 1. The van der Waals surface area contributed by atoms with E-state index in [1.54, 1.807) is 19.3 Å². The maximum Gasteiger partial charge on any atom is 0.317 e. The monoisotopic (exact) mass is 307 g/mol. The lowest BCUT2D eigenvalue weighted by molar-refractivity contribution is -0.137. The average molecular weight is 307 g/mol. The molecule has 1 heterocycles. The summed E-state index contributed by atoms with van der Waals surface area (Å²) in [6, 6.07) is 3.33. The van der Waals surface area contributed by atoms with Crippen molar-refractivity contribution in [3.05, 3.63) is 23.9 Å². The number of nitrogens with zero attached hydrogens (tertiary/aromatic N) is 2. The standard InChI is InChI=1S/C15H21N3O4/c1-18(7-6-14(19)20)15(21)17-9-12-4-5-13(16-8-12)22-10-11-2-3-11/h4-5,8,11H,2-3,6-7,9-10H2,1H3,(H,17,21)(H,19,20). The molecule has 7 nitrogen and oxygen atoms in total. The fraction of sp³-hybridized carbons (Fsp3) is 0.533. The maximum atomic E-state index is 11.8. The first kappa shape index (κ1) is 16.1. The first-order chi connectivity index (χ1) is 10.5. The van der Waals surface area contributed by atoms with Crippen LogP contribution in [0.1, 0.15) is 24.8 Å². The molecule has 1 aromatic heterocycles. The highest BCUT2D eigenvalue weighted by atomic mass is 16.5. The van der Waals surface area contributed by atoms with Crippen LogP contribution in [0.5, 0.6) is 5.88 Å². The summed E-state index contributed by atoms with van der Waals surface area (Å²) in [5.41, 5.74) is 0.860. The van der Waals surface area contributed by atoms with E-state index in [0.29, 0.717) is 18.3 Å². The first-order valence-corrected chi connectivity index (χ1v) is 7.33. The molecule has 0 radical (unpaired) electrons. The van der Waals surface area contributed by atoms with Crippen LogP contribution in [0.25, 0.3) is 0 Å². The number of ether oxygens (including phenoxy) is 1. The zero-order chi connectivity index (χ0) is 15.9. The molecular formula is C15H21N3O4. The SMILES string of the molecule is CN(CCC(=O)O)C(=O)NCc1ccc(OCC2CC2)nc1. The summed E-state index contributed by atoms with van der Waals surface area (Å²) >= 11 is 0. The number of carboxylic acid groups (broad SMARTS) is 1. The lowest BCUT2D eigenvalue weighted by Gasteiger charge is -2.16. The topological polar surface area (TPSA) is 91.8 Å². The number of amides is 2. The van der Waals surface area contributed by atoms with Gasteiger partial charge >= 0.3 is 12.0 Å². The number of pyridine rings is 1. The highest BCUT2D eigenvalue weighted by molar-refractivity contribution is 5.74. The largest absolute Gasteiger partial charge is 0.481 e. The number of urea groups is 1. The van der Waals surface area contributed by atoms with E-state index in [0.717, 1.165) is 12.2 Å². The smallest absolute Gasteiger partial charge is 0.317 e. The molecule has 120 valence electrons. The summed E-state index contributed by atoms with van der Waals surface area (Å²) < 4.78 is 5.54. The Kier molecular flexibility index (Phi) is 5.57. The molecule has 1 aliphatic carbocycles. The molecule has 1 saturated carbocycles. The molecule has 2 N–H and O–H groups in total. The second-order valence-electron chi connectivity index (χ2n) is 5.48. The van der Waals surface area contributed by atoms with Gasteiger partial charge in [0.25, 0.3) is 0 Å². The molecule has 2 amide bonds. The van der Waals surface area contributed by atoms with Crippen LogP contribution in [0, 0.1) is 5.92 Å². The predicted octanol–water partition coefficient (Wildman–Crippen LogP) is 1.49. The van der Waals surface area contributed by atoms with Crippen molar-refractivity contribution in [2.75, 3.05) is 20.2 Å². The number of carbonyl (C=O) groups is 2. The fourth-order valence-corrected chi connectivity index (χ4v) is 1.77. The van der Waals surface area contributed by atoms with Gasteiger partial charge in [-0.1, -0.05) is 6.07 Å². The van der Waals surface area contributed by atoms with Crippen LogP contribution in [0.4, 0.5) is 4.79 Å². The second kappa shape index (κ2) is 7.63. The van der Waals surface area contributed by atoms with Gasteiger partial charge in [-0.3, -0.25) is 4.79 Å². The summed E-state index contributed by atoms with van der Waals surface area (Å²) in [5.74, 6) is 0.355. The van der Waals surface area contributed by atoms with Gasteiger partial charge in [0.2, 0.25) is 5.88 Å². The summed E-state index contributed by atoms with van der Waals surface area (Å²) in [7, 11) is 1.56. The number of rotatable bonds is 8. The van der Waals surface area contributed by atoms with E-state index in [1.165, 1.54) is 17.7 Å². The third-order valence-corrected chi connectivity index (χ3v) is 3.41. The van der Waals surface area contributed by atoms with Crippen molar-refractivity contribution in [1.29, 1.82) is 0 Å². The van der Waals surface area contributed by atoms with Crippen LogP contribution >= 0.6 is 0 Å². The number of hydrogen-bond donors (Lipinski definition) is 2. The fourth-order valence-electron chi connectivity index (χ4n) is 1.77. The third-order valence-electron chi connectivity index (χ3n) is 3.41. The van der Waals surface area contributed by atoms with E-state index in [9.17, 15) is 9.59 Å². The van der Waals surface area contributed by atoms with Crippen molar-refractivity contribution in [2.45, 2.75) is 25.8 Å². The second-order valence-corrected chi connectivity index (χ2v) is 5.48. The summed E-state index contributed by atoms with van der Waals surface area (Å²) in [5, 5.41) is 11.3. The molecule has 0 saturated heterocycles. The van der Waals surface area contributed by atoms with Crippen molar-refractivity contribution in [3.63, 3.8) is 0 Å². The molecule has 1 aliphatic rings. The zero-order valence-corrected chi connectivity index (χ0v) is 12.6. The summed E-state index contributed by atoms with van der Waals surface area (Å²) in [6.07, 6.45) is 4.07. The molecule has 22 heavy (non-hydrogen) atoms. The molecule has 2 rings (SSSR count). The van der Waals surface area contributed by atoms with Crippen LogP contribution in [0.15, 0.2) is 18.3 Å². The number of hydrogen-bond acceptors (Lipinski definition) is 4. The lowest BCUT2D eigenvalue weighted by Crippen LogP contribution is -2.38. The van der Waals surface area contributed by atoms with Crippen molar-refractivity contribution in [2.24, 2.45) is 5.92 Å². The molecule has 0 unspecified atom stereocenters. The van der Waals surface area contributed by atoms with Crippen LogP contribution < -0.4 is 10.1 Å². The number of carboxylic acids is 1. The minimum absolute atomic E-state index is 0.0709. The van der Waals surface area contributed by atoms with E-state index >= 15 is 0 Å². The molecule has 0 aliphatic heterocycles. The van der Waals surface area contributed by atoms with E-state index in [1.807, 2.05) is 6.07 Å². The maximum absolute atomic E-state index is 11.8. The van der Waals surface area contributed by atoms with Crippen molar-refractivity contribution in [3.8, 4) is 5.88 Å². The Morgan fingerprint density at radius 3 is 2.82 bits per heavy atom. The van der Waals surface area contributed by atoms with Crippen LogP contribution in [0.2, 0.25) is 0 Å². The Balaban J connectivity index is 1.70. The lowest BCUT2D eigenvalue weighted by atomic mass is 10.3. The number of aromatic nitrogens is 1. The summed E-state index contributed by atoms with van der Waals surface area (Å²) in [6.45, 7) is 1.23. The van der Waals surface area contributed by atoms with E-state index in [-0.39, 0.29) is 19.0 Å². The van der Waals surface area contributed by atoms with Gasteiger partial charge in [-0.25, -0.2) is 9.78 Å². The molecule has 1 fully saturated rings. The Morgan fingerprint density at radius 1 is 1.45 bits per heavy atom. The number of nitrogens with one attached hydrogen (secondary N) is 1. The molecule has 0 aromatic carbocycles. The van der Waals surface area contributed by atoms with Crippen molar-refractivity contribution >= 4 is 12.0 Å². The number of aliphatic carboxylic acids is 1. The molecule has 1 aromatic rings. The van der Waals surface area contributed by atoms with Gasteiger partial charge in [0.15, 0.2) is 0 Å². The first-order valence-electron chi connectivity index (χ1n) is 7.33. The van der Waals surface area contributed by atoms with E-state index < -0.39 is 5.97 Å². The Morgan fingerprint density at radius 2 is 2.23 bits per heavy atom. The zero-order valence-electron chi connectivity index (χ0n) is 12.6. The predicted molar refractivity (Wildman–Crippen MR) is 79.6 cm³/mol. The van der Waals surface area contributed by atoms with Gasteiger partial charge in [0.1, 0.15) is 0 Å². The minimum atomic E-state index is -0.925. The van der Waals surface area contributed by atoms with Gasteiger partial charge in [0.05, 0.1) is 13.0 Å². The van der Waals surface area contributed by atoms with Gasteiger partial charge in [0, 0.05) is 32.4 Å². The summed E-state index contributed by atoms with van der Waals surface area (Å²) in [4.78, 5) is 27.8. The molecule has 0 spiro atoms. The highest BCUT2D eigenvalue weighted by Gasteiger charge is 2.22. The molecular weight excluding hydrogens is 286 g/mol. The van der Waals surface area contributed by atoms with E-state index in [4.69, 9.17) is 9.84 Å². The Labute approximate surface area is 129 Å². The van der Waals surface area contributed by atoms with Gasteiger partial charge in [-0.2, -0.15) is 0 Å². The van der Waals surface area contributed by atoms with Crippen molar-refractivity contribution < 1.29 is 19.4 Å². The average Bonchev–Trinajstić information content (AvgIpc) is 3.33. The quantitative estimate of drug-likeness (QED) is 0.759. The minimum Gasteiger partial charge on any atom is -0.481 e. The Bertz CT molecular complexity index is 514. The normalized spacial score (nSPS) is 13.5.